The van der Waals surface area contributed by atoms with Crippen LogP contribution in [0.3, 0.4) is 0 Å². The van der Waals surface area contributed by atoms with Crippen molar-refractivity contribution in [2.24, 2.45) is 5.10 Å². The average molecular weight is 610 g/mol. The van der Waals surface area contributed by atoms with E-state index in [1.54, 1.807) is 61.5 Å². The molecule has 1 amide bonds. The quantitative estimate of drug-likeness (QED) is 0.136. The van der Waals surface area contributed by atoms with E-state index in [4.69, 9.17) is 25.5 Å². The standard InChI is InChI=1S/C30H28ClN3O7S/c1-4-40-30(36)22-9-7-21(8-10-22)27-16-12-24(41-27)18-32-33-29(35)19-34(26-17-23(31)11-15-28(26)39-3)42(37,38)25-13-5-20(2)6-14-25/h5-18H,4,19H2,1-3H3,(H,33,35)/b32-18-. The molecule has 1 N–H and O–H groups in total. The molecule has 0 unspecified atom stereocenters. The van der Waals surface area contributed by atoms with Gasteiger partial charge in [-0.3, -0.25) is 9.10 Å². The van der Waals surface area contributed by atoms with Crippen LogP contribution in [0.4, 0.5) is 5.69 Å². The molecule has 10 nitrogen and oxygen atoms in total. The zero-order valence-corrected chi connectivity index (χ0v) is 24.6. The average Bonchev–Trinajstić information content (AvgIpc) is 3.45. The smallest absolute Gasteiger partial charge is 0.338 e. The number of hydrazone groups is 1. The van der Waals surface area contributed by atoms with Crippen LogP contribution < -0.4 is 14.5 Å². The predicted octanol–water partition coefficient (Wildman–Crippen LogP) is 5.44. The second-order valence-corrected chi connectivity index (χ2v) is 11.2. The molecule has 0 bridgehead atoms. The first-order chi connectivity index (χ1) is 20.1. The second kappa shape index (κ2) is 13.4. The van der Waals surface area contributed by atoms with Gasteiger partial charge in [0.1, 0.15) is 23.8 Å². The second-order valence-electron chi connectivity index (χ2n) is 8.93. The lowest BCUT2D eigenvalue weighted by Gasteiger charge is -2.25. The van der Waals surface area contributed by atoms with Gasteiger partial charge in [-0.25, -0.2) is 18.6 Å². The van der Waals surface area contributed by atoms with Gasteiger partial charge in [-0.05, 0) is 68.4 Å². The molecule has 0 fully saturated rings. The molecule has 42 heavy (non-hydrogen) atoms. The van der Waals surface area contributed by atoms with Crippen molar-refractivity contribution in [2.45, 2.75) is 18.7 Å². The summed E-state index contributed by atoms with van der Waals surface area (Å²) in [5.41, 5.74) is 4.45. The molecule has 0 atom stereocenters. The molecule has 0 aliphatic rings. The molecular formula is C30H28ClN3O7S. The third-order valence-electron chi connectivity index (χ3n) is 5.99. The van der Waals surface area contributed by atoms with E-state index < -0.39 is 28.4 Å². The lowest BCUT2D eigenvalue weighted by Crippen LogP contribution is -2.39. The van der Waals surface area contributed by atoms with Gasteiger partial charge in [0.25, 0.3) is 15.9 Å². The van der Waals surface area contributed by atoms with Crippen LogP contribution in [0.2, 0.25) is 5.02 Å². The third-order valence-corrected chi connectivity index (χ3v) is 8.00. The Balaban J connectivity index is 1.50. The van der Waals surface area contributed by atoms with Gasteiger partial charge >= 0.3 is 5.97 Å². The number of amides is 1. The summed E-state index contributed by atoms with van der Waals surface area (Å²) in [7, 11) is -2.81. The highest BCUT2D eigenvalue weighted by Crippen LogP contribution is 2.34. The van der Waals surface area contributed by atoms with Gasteiger partial charge in [0.05, 0.1) is 36.1 Å². The van der Waals surface area contributed by atoms with E-state index in [1.807, 2.05) is 6.92 Å². The number of hydrogen-bond donors (Lipinski definition) is 1. The van der Waals surface area contributed by atoms with Crippen LogP contribution in [-0.4, -0.2) is 46.8 Å². The van der Waals surface area contributed by atoms with E-state index in [9.17, 15) is 18.0 Å². The van der Waals surface area contributed by atoms with Crippen molar-refractivity contribution in [3.63, 3.8) is 0 Å². The van der Waals surface area contributed by atoms with E-state index in [1.165, 1.54) is 37.6 Å². The van der Waals surface area contributed by atoms with Crippen LogP contribution in [0, 0.1) is 6.92 Å². The highest BCUT2D eigenvalue weighted by molar-refractivity contribution is 7.92. The number of benzene rings is 3. The van der Waals surface area contributed by atoms with Crippen molar-refractivity contribution in [2.75, 3.05) is 24.6 Å². The first-order valence-corrected chi connectivity index (χ1v) is 14.6. The first-order valence-electron chi connectivity index (χ1n) is 12.7. The highest BCUT2D eigenvalue weighted by atomic mass is 35.5. The van der Waals surface area contributed by atoms with Crippen LogP contribution in [0.5, 0.6) is 5.75 Å². The van der Waals surface area contributed by atoms with Gasteiger partial charge < -0.3 is 13.9 Å². The summed E-state index contributed by atoms with van der Waals surface area (Å²) in [5, 5.41) is 4.18. The Hall–Kier alpha value is -4.61. The number of carbonyl (C=O) groups is 2. The Bertz CT molecular complexity index is 1700. The van der Waals surface area contributed by atoms with Gasteiger partial charge in [-0.15, -0.1) is 0 Å². The molecular weight excluding hydrogens is 582 g/mol. The van der Waals surface area contributed by atoms with Crippen molar-refractivity contribution in [3.05, 3.63) is 101 Å². The zero-order chi connectivity index (χ0) is 30.3. The maximum absolute atomic E-state index is 13.7. The van der Waals surface area contributed by atoms with E-state index >= 15 is 0 Å². The summed E-state index contributed by atoms with van der Waals surface area (Å²) < 4.78 is 44.3. The molecule has 4 aromatic rings. The molecule has 0 radical (unpaired) electrons. The third kappa shape index (κ3) is 7.17. The molecule has 218 valence electrons. The fourth-order valence-electron chi connectivity index (χ4n) is 3.89. The number of hydrogen-bond acceptors (Lipinski definition) is 8. The number of methoxy groups -OCH3 is 1. The number of ether oxygens (including phenoxy) is 2. The summed E-state index contributed by atoms with van der Waals surface area (Å²) in [6.07, 6.45) is 1.28. The van der Waals surface area contributed by atoms with Crippen LogP contribution >= 0.6 is 11.6 Å². The Kier molecular flexibility index (Phi) is 9.66. The Morgan fingerprint density at radius 3 is 2.40 bits per heavy atom. The molecule has 3 aromatic carbocycles. The van der Waals surface area contributed by atoms with Gasteiger partial charge in [0.2, 0.25) is 0 Å². The van der Waals surface area contributed by atoms with Gasteiger partial charge in [0, 0.05) is 10.6 Å². The fourth-order valence-corrected chi connectivity index (χ4v) is 5.48. The molecule has 0 saturated carbocycles. The number of sulfonamides is 1. The van der Waals surface area contributed by atoms with Crippen LogP contribution in [0.25, 0.3) is 11.3 Å². The van der Waals surface area contributed by atoms with E-state index in [2.05, 4.69) is 10.5 Å². The monoisotopic (exact) mass is 609 g/mol. The lowest BCUT2D eigenvalue weighted by atomic mass is 10.1. The summed E-state index contributed by atoms with van der Waals surface area (Å²) in [4.78, 5) is 24.8. The normalized spacial score (nSPS) is 11.3. The highest BCUT2D eigenvalue weighted by Gasteiger charge is 2.29. The van der Waals surface area contributed by atoms with Crippen molar-refractivity contribution in [1.29, 1.82) is 0 Å². The van der Waals surface area contributed by atoms with Crippen molar-refractivity contribution >= 4 is 45.4 Å². The fraction of sp³-hybridized carbons (Fsp3) is 0.167. The van der Waals surface area contributed by atoms with Crippen molar-refractivity contribution < 1.29 is 31.9 Å². The number of halogens is 1. The van der Waals surface area contributed by atoms with Crippen LogP contribution in [0.15, 0.2) is 93.3 Å². The topological polar surface area (TPSA) is 128 Å². The van der Waals surface area contributed by atoms with E-state index in [0.717, 1.165) is 15.4 Å². The Morgan fingerprint density at radius 1 is 1.02 bits per heavy atom. The summed E-state index contributed by atoms with van der Waals surface area (Å²) in [6, 6.07) is 20.8. The van der Waals surface area contributed by atoms with Crippen molar-refractivity contribution in [3.8, 4) is 17.1 Å². The van der Waals surface area contributed by atoms with Gasteiger partial charge in [-0.2, -0.15) is 5.10 Å². The van der Waals surface area contributed by atoms with Crippen molar-refractivity contribution in [1.82, 2.24) is 5.43 Å². The van der Waals surface area contributed by atoms with E-state index in [-0.39, 0.29) is 28.0 Å². The predicted molar refractivity (Wildman–Crippen MR) is 160 cm³/mol. The summed E-state index contributed by atoms with van der Waals surface area (Å²) in [6.45, 7) is 3.25. The van der Waals surface area contributed by atoms with Crippen LogP contribution in [0.1, 0.15) is 28.6 Å². The number of esters is 1. The SMILES string of the molecule is CCOC(=O)c1ccc(-c2ccc(/C=N\NC(=O)CN(c3cc(Cl)ccc3OC)S(=O)(=O)c3ccc(C)cc3)o2)cc1. The number of anilines is 1. The maximum Gasteiger partial charge on any atom is 0.338 e. The number of rotatable bonds is 11. The first kappa shape index (κ1) is 30.4. The zero-order valence-electron chi connectivity index (χ0n) is 23.0. The number of nitrogens with one attached hydrogen (secondary N) is 1. The molecule has 4 rings (SSSR count). The number of nitrogens with zero attached hydrogens (tertiary/aromatic N) is 2. The lowest BCUT2D eigenvalue weighted by molar-refractivity contribution is -0.119. The molecule has 1 aromatic heterocycles. The largest absolute Gasteiger partial charge is 0.495 e. The molecule has 1 heterocycles. The number of carbonyl (C=O) groups excluding carboxylic acids is 2. The molecule has 0 spiro atoms. The molecule has 0 aliphatic carbocycles. The maximum atomic E-state index is 13.7. The van der Waals surface area contributed by atoms with E-state index in [0.29, 0.717) is 17.1 Å². The minimum absolute atomic E-state index is 0.00941. The van der Waals surface area contributed by atoms with Gasteiger partial charge in [0.15, 0.2) is 0 Å². The molecule has 12 heteroatoms. The van der Waals surface area contributed by atoms with Gasteiger partial charge in [-0.1, -0.05) is 41.4 Å². The minimum Gasteiger partial charge on any atom is -0.495 e. The Labute approximate surface area is 248 Å². The number of aryl methyl sites for hydroxylation is 1. The van der Waals surface area contributed by atoms with Crippen LogP contribution in [-0.2, 0) is 19.6 Å². The molecule has 0 aliphatic heterocycles. The summed E-state index contributed by atoms with van der Waals surface area (Å²) in [5.74, 6) is -0.0665. The summed E-state index contributed by atoms with van der Waals surface area (Å²) >= 11 is 6.17. The number of furan rings is 1. The molecule has 0 saturated heterocycles. The Morgan fingerprint density at radius 2 is 1.74 bits per heavy atom. The minimum atomic E-state index is -4.20.